The minimum atomic E-state index is -4.00. The van der Waals surface area contributed by atoms with Crippen molar-refractivity contribution < 1.29 is 28.3 Å². The van der Waals surface area contributed by atoms with E-state index in [1.54, 1.807) is 0 Å². The molecule has 4 rings (SSSR count). The van der Waals surface area contributed by atoms with Crippen LogP contribution < -0.4 is 0 Å². The highest BCUT2D eigenvalue weighted by Gasteiger charge is 2.70. The van der Waals surface area contributed by atoms with Gasteiger partial charge in [-0.1, -0.05) is 41.0 Å². The van der Waals surface area contributed by atoms with E-state index < -0.39 is 21.8 Å². The first-order chi connectivity index (χ1) is 16.1. The Labute approximate surface area is 213 Å². The Hall–Kier alpha value is -0.210. The maximum atomic E-state index is 12.3. The molecule has 4 N–H and O–H groups in total. The molecule has 0 heterocycles. The van der Waals surface area contributed by atoms with Crippen LogP contribution >= 0.6 is 0 Å². The summed E-state index contributed by atoms with van der Waals surface area (Å²) in [6.07, 6.45) is 5.98. The Morgan fingerprint density at radius 2 is 1.63 bits per heavy atom. The zero-order valence-corrected chi connectivity index (χ0v) is 23.5. The first-order valence-electron chi connectivity index (χ1n) is 14.1. The number of aliphatic hydroxyl groups is 3. The summed E-state index contributed by atoms with van der Waals surface area (Å²) < 4.78 is 32.1. The lowest BCUT2D eigenvalue weighted by Crippen LogP contribution is -2.69. The number of hydrogen-bond donors (Lipinski definition) is 4. The molecule has 6 nitrogen and oxygen atoms in total. The van der Waals surface area contributed by atoms with Crippen molar-refractivity contribution in [1.82, 2.24) is 0 Å². The van der Waals surface area contributed by atoms with Crippen molar-refractivity contribution in [3.8, 4) is 0 Å². The summed E-state index contributed by atoms with van der Waals surface area (Å²) in [4.78, 5) is 0. The van der Waals surface area contributed by atoms with Crippen molar-refractivity contribution in [3.05, 3.63) is 0 Å². The molecule has 0 aromatic rings. The van der Waals surface area contributed by atoms with E-state index in [1.807, 2.05) is 13.8 Å². The second kappa shape index (κ2) is 9.21. The topological polar surface area (TPSA) is 115 Å². The van der Waals surface area contributed by atoms with E-state index in [-0.39, 0.29) is 70.0 Å². The molecule has 204 valence electrons. The van der Waals surface area contributed by atoms with Gasteiger partial charge in [0.15, 0.2) is 0 Å². The van der Waals surface area contributed by atoms with Gasteiger partial charge in [-0.15, -0.1) is 0 Å². The molecule has 4 saturated carbocycles. The van der Waals surface area contributed by atoms with E-state index in [0.717, 1.165) is 38.5 Å². The van der Waals surface area contributed by atoms with Crippen molar-refractivity contribution >= 4 is 10.1 Å². The predicted octanol–water partition coefficient (Wildman–Crippen LogP) is 4.52. The zero-order valence-electron chi connectivity index (χ0n) is 22.7. The van der Waals surface area contributed by atoms with Crippen molar-refractivity contribution in [1.29, 1.82) is 0 Å². The fraction of sp³-hybridized carbons (Fsp3) is 1.00. The molecule has 0 aromatic heterocycles. The summed E-state index contributed by atoms with van der Waals surface area (Å²) in [5.74, 6) is 1.06. The van der Waals surface area contributed by atoms with Crippen LogP contribution in [0.25, 0.3) is 0 Å². The van der Waals surface area contributed by atoms with Crippen molar-refractivity contribution in [2.45, 2.75) is 111 Å². The lowest BCUT2D eigenvalue weighted by molar-refractivity contribution is -0.263. The number of aliphatic hydroxyl groups excluding tert-OH is 2. The van der Waals surface area contributed by atoms with Crippen LogP contribution in [-0.2, 0) is 10.1 Å². The largest absolute Gasteiger partial charge is 0.393 e. The molecule has 4 unspecified atom stereocenters. The number of rotatable bonds is 6. The van der Waals surface area contributed by atoms with Gasteiger partial charge >= 0.3 is 0 Å². The fourth-order valence-corrected chi connectivity index (χ4v) is 11.5. The summed E-state index contributed by atoms with van der Waals surface area (Å²) in [5, 5.41) is 34.6. The molecule has 4 fully saturated rings. The van der Waals surface area contributed by atoms with Gasteiger partial charge in [-0.25, -0.2) is 0 Å². The second-order valence-electron chi connectivity index (χ2n) is 13.9. The molecule has 0 saturated heterocycles. The van der Waals surface area contributed by atoms with Crippen LogP contribution in [0.15, 0.2) is 0 Å². The first kappa shape index (κ1) is 27.8. The first-order valence-corrected chi connectivity index (χ1v) is 15.7. The van der Waals surface area contributed by atoms with Gasteiger partial charge in [-0.2, -0.15) is 8.42 Å². The molecule has 0 bridgehead atoms. The summed E-state index contributed by atoms with van der Waals surface area (Å²) in [5.41, 5.74) is -1.15. The van der Waals surface area contributed by atoms with Gasteiger partial charge in [0.05, 0.1) is 23.6 Å². The molecule has 35 heavy (non-hydrogen) atoms. The molecule has 13 atom stereocenters. The summed E-state index contributed by atoms with van der Waals surface area (Å²) in [6.45, 7) is 12.9. The number of fused-ring (bicyclic) bond motifs is 5. The third-order valence-electron chi connectivity index (χ3n) is 12.0. The highest BCUT2D eigenvalue weighted by atomic mass is 32.2. The Bertz CT molecular complexity index is 888. The third-order valence-corrected chi connectivity index (χ3v) is 13.0. The summed E-state index contributed by atoms with van der Waals surface area (Å²) in [7, 11) is -4.00. The maximum absolute atomic E-state index is 12.3. The van der Waals surface area contributed by atoms with E-state index in [1.165, 1.54) is 0 Å². The van der Waals surface area contributed by atoms with Gasteiger partial charge in [0.25, 0.3) is 10.1 Å². The summed E-state index contributed by atoms with van der Waals surface area (Å²) in [6, 6.07) is 0. The molecule has 0 radical (unpaired) electrons. The molecule has 4 aliphatic rings. The third kappa shape index (κ3) is 4.43. The van der Waals surface area contributed by atoms with Crippen molar-refractivity contribution in [2.24, 2.45) is 58.2 Å². The van der Waals surface area contributed by atoms with Crippen LogP contribution in [0.4, 0.5) is 0 Å². The molecular formula is C28H50O6S. The monoisotopic (exact) mass is 514 g/mol. The Morgan fingerprint density at radius 1 is 0.971 bits per heavy atom. The normalized spacial score (nSPS) is 51.7. The maximum Gasteiger partial charge on any atom is 0.265 e. The Morgan fingerprint density at radius 3 is 2.23 bits per heavy atom. The van der Waals surface area contributed by atoms with Crippen LogP contribution in [0, 0.1) is 58.2 Å². The molecule has 7 heteroatoms. The molecule has 4 aliphatic carbocycles. The zero-order chi connectivity index (χ0) is 26.1. The van der Waals surface area contributed by atoms with E-state index in [9.17, 15) is 28.3 Å². The molecular weight excluding hydrogens is 464 g/mol. The standard InChI is InChI=1S/C28H50O6S/c1-7-19-22-13-18(29)10-11-26(22,4)23-14-24(30)27(5)20(8-9-21(27)25(23)28(19,6)31)17(3)12-16(2)15-35(32,33)34/h16-25,29-31H,7-15H2,1-6H3,(H,32,33,34)/t16?,17-,18+,19+,20+,21?,22-,23?,24-,25?,26-,27+,28-/m0/s1. The lowest BCUT2D eigenvalue weighted by atomic mass is 9.38. The summed E-state index contributed by atoms with van der Waals surface area (Å²) >= 11 is 0. The molecule has 0 spiro atoms. The smallest absolute Gasteiger partial charge is 0.265 e. The van der Waals surface area contributed by atoms with Gasteiger partial charge < -0.3 is 15.3 Å². The Kier molecular flexibility index (Phi) is 7.32. The highest BCUT2D eigenvalue weighted by Crippen LogP contribution is 2.71. The minimum Gasteiger partial charge on any atom is -0.393 e. The van der Waals surface area contributed by atoms with Crippen molar-refractivity contribution in [3.63, 3.8) is 0 Å². The van der Waals surface area contributed by atoms with Crippen LogP contribution in [0.2, 0.25) is 0 Å². The van der Waals surface area contributed by atoms with Crippen LogP contribution in [-0.4, -0.2) is 51.9 Å². The minimum absolute atomic E-state index is 0.0167. The lowest BCUT2D eigenvalue weighted by Gasteiger charge is -2.68. The average Bonchev–Trinajstić information content (AvgIpc) is 3.07. The van der Waals surface area contributed by atoms with E-state index >= 15 is 0 Å². The van der Waals surface area contributed by atoms with E-state index in [2.05, 4.69) is 27.7 Å². The molecule has 0 aliphatic heterocycles. The van der Waals surface area contributed by atoms with Gasteiger partial charge in [0.2, 0.25) is 0 Å². The van der Waals surface area contributed by atoms with Crippen LogP contribution in [0.5, 0.6) is 0 Å². The van der Waals surface area contributed by atoms with Crippen molar-refractivity contribution in [2.75, 3.05) is 5.75 Å². The van der Waals surface area contributed by atoms with Gasteiger partial charge in [-0.3, -0.25) is 4.55 Å². The van der Waals surface area contributed by atoms with E-state index in [0.29, 0.717) is 12.8 Å². The van der Waals surface area contributed by atoms with Gasteiger partial charge in [0, 0.05) is 0 Å². The van der Waals surface area contributed by atoms with Gasteiger partial charge in [-0.05, 0) is 110 Å². The Balaban J connectivity index is 1.66. The molecule has 0 aromatic carbocycles. The SMILES string of the molecule is CC[C@@H]1[C@@H]2C[C@H](O)CC[C@]2(C)C2C[C@H](O)[C@@]3(C)C(CC[C@@H]3[C@@H](C)CC(C)CS(=O)(=O)O)C2[C@@]1(C)O. The van der Waals surface area contributed by atoms with Crippen LogP contribution in [0.1, 0.15) is 92.9 Å². The average molecular weight is 515 g/mol. The number of hydrogen-bond acceptors (Lipinski definition) is 5. The van der Waals surface area contributed by atoms with E-state index in [4.69, 9.17) is 0 Å². The fourth-order valence-electron chi connectivity index (χ4n) is 10.6. The van der Waals surface area contributed by atoms with Crippen LogP contribution in [0.3, 0.4) is 0 Å². The highest BCUT2D eigenvalue weighted by molar-refractivity contribution is 7.85. The predicted molar refractivity (Wildman–Crippen MR) is 137 cm³/mol. The van der Waals surface area contributed by atoms with Gasteiger partial charge in [0.1, 0.15) is 0 Å². The quantitative estimate of drug-likeness (QED) is 0.387. The molecule has 0 amide bonds. The second-order valence-corrected chi connectivity index (χ2v) is 15.4.